The molecule has 0 amide bonds. The van der Waals surface area contributed by atoms with Gasteiger partial charge in [-0.15, -0.1) is 0 Å². The molecule has 0 bridgehead atoms. The number of hydrogen-bond acceptors (Lipinski definition) is 3. The van der Waals surface area contributed by atoms with Crippen LogP contribution in [0.4, 0.5) is 0 Å². The molecule has 0 aromatic rings. The van der Waals surface area contributed by atoms with E-state index in [1.165, 1.54) is 12.8 Å². The molecular weight excluding hydrogens is 258 g/mol. The summed E-state index contributed by atoms with van der Waals surface area (Å²) in [6, 6.07) is 0. The van der Waals surface area contributed by atoms with E-state index >= 15 is 0 Å². The molecule has 0 spiro atoms. The summed E-state index contributed by atoms with van der Waals surface area (Å²) in [5.41, 5.74) is 0. The van der Waals surface area contributed by atoms with Crippen molar-refractivity contribution in [3.8, 4) is 0 Å². The molecule has 1 N–H and O–H groups in total. The van der Waals surface area contributed by atoms with Gasteiger partial charge in [-0.05, 0) is 24.2 Å². The first-order valence-electron chi connectivity index (χ1n) is 7.59. The Kier molecular flexibility index (Phi) is 19.1. The minimum Gasteiger partial charge on any atom is -0.481 e. The first-order chi connectivity index (χ1) is 9.29. The van der Waals surface area contributed by atoms with Crippen LogP contribution in [0.3, 0.4) is 0 Å². The number of nitro groups is 1. The summed E-state index contributed by atoms with van der Waals surface area (Å²) in [5.74, 6) is 1.24. The van der Waals surface area contributed by atoms with Crippen LogP contribution in [0.1, 0.15) is 67.2 Å². The van der Waals surface area contributed by atoms with Gasteiger partial charge in [0.1, 0.15) is 0 Å². The van der Waals surface area contributed by atoms with Crippen LogP contribution in [0.5, 0.6) is 0 Å². The number of hydrogen-bond donors (Lipinski definition) is 1. The number of aliphatic carboxylic acids is 1. The van der Waals surface area contributed by atoms with Crippen molar-refractivity contribution in [3.05, 3.63) is 10.1 Å². The van der Waals surface area contributed by atoms with E-state index < -0.39 is 10.9 Å². The predicted molar refractivity (Wildman–Crippen MR) is 83.5 cm³/mol. The molecule has 1 fully saturated rings. The standard InChI is InChI=1S/C9H16O2.C3H8.C2H6.CH3NO2/c1-3-7-4-8(6(7)2)5-9(10)11;1-3-2;1-2;1-2(3)4/h6-8H,3-5H2,1-2H3,(H,10,11);3H2,1-2H3;1-2H3;1H3. The van der Waals surface area contributed by atoms with Crippen LogP contribution in [-0.2, 0) is 4.79 Å². The summed E-state index contributed by atoms with van der Waals surface area (Å²) >= 11 is 0. The fraction of sp³-hybridized carbons (Fsp3) is 0.933. The third-order valence-electron chi connectivity index (χ3n) is 3.05. The lowest BCUT2D eigenvalue weighted by atomic mass is 9.63. The van der Waals surface area contributed by atoms with Crippen molar-refractivity contribution in [1.29, 1.82) is 0 Å². The third-order valence-corrected chi connectivity index (χ3v) is 3.05. The zero-order valence-corrected chi connectivity index (χ0v) is 14.2. The summed E-state index contributed by atoms with van der Waals surface area (Å²) < 4.78 is 0. The van der Waals surface area contributed by atoms with E-state index in [4.69, 9.17) is 15.2 Å². The number of rotatable bonds is 3. The molecule has 0 aliphatic heterocycles. The second-order valence-electron chi connectivity index (χ2n) is 4.77. The van der Waals surface area contributed by atoms with Gasteiger partial charge in [-0.2, -0.15) is 0 Å². The molecule has 1 aliphatic rings. The Morgan fingerprint density at radius 2 is 1.60 bits per heavy atom. The van der Waals surface area contributed by atoms with Crippen LogP contribution in [-0.4, -0.2) is 23.0 Å². The Morgan fingerprint density at radius 1 is 1.25 bits per heavy atom. The summed E-state index contributed by atoms with van der Waals surface area (Å²) in [5, 5.41) is 17.3. The highest BCUT2D eigenvalue weighted by Crippen LogP contribution is 2.43. The lowest BCUT2D eigenvalue weighted by molar-refractivity contribution is -0.445. The van der Waals surface area contributed by atoms with E-state index in [1.54, 1.807) is 0 Å². The molecule has 122 valence electrons. The van der Waals surface area contributed by atoms with Crippen molar-refractivity contribution in [2.45, 2.75) is 67.2 Å². The molecule has 0 aromatic heterocycles. The van der Waals surface area contributed by atoms with Crippen LogP contribution >= 0.6 is 0 Å². The van der Waals surface area contributed by atoms with E-state index in [9.17, 15) is 4.79 Å². The highest BCUT2D eigenvalue weighted by atomic mass is 16.6. The van der Waals surface area contributed by atoms with E-state index in [0.717, 1.165) is 19.4 Å². The van der Waals surface area contributed by atoms with Gasteiger partial charge in [0.25, 0.3) is 0 Å². The van der Waals surface area contributed by atoms with Gasteiger partial charge in [0, 0.05) is 11.3 Å². The first kappa shape index (κ1) is 23.9. The van der Waals surface area contributed by atoms with Crippen LogP contribution in [0, 0.1) is 27.9 Å². The molecular formula is C15H33NO4. The van der Waals surface area contributed by atoms with Gasteiger partial charge < -0.3 is 5.11 Å². The number of carbonyl (C=O) groups is 1. The van der Waals surface area contributed by atoms with Gasteiger partial charge in [0.05, 0.1) is 0 Å². The van der Waals surface area contributed by atoms with Gasteiger partial charge in [-0.1, -0.05) is 54.4 Å². The monoisotopic (exact) mass is 291 g/mol. The fourth-order valence-electron chi connectivity index (χ4n) is 2.04. The Labute approximate surface area is 123 Å². The summed E-state index contributed by atoms with van der Waals surface area (Å²) in [4.78, 5) is 18.6. The molecule has 1 rings (SSSR count). The average molecular weight is 291 g/mol. The van der Waals surface area contributed by atoms with E-state index in [-0.39, 0.29) is 0 Å². The average Bonchev–Trinajstić information content (AvgIpc) is 2.36. The normalized spacial score (nSPS) is 22.4. The quantitative estimate of drug-likeness (QED) is 0.614. The van der Waals surface area contributed by atoms with Crippen LogP contribution in [0.25, 0.3) is 0 Å². The fourth-order valence-corrected chi connectivity index (χ4v) is 2.04. The van der Waals surface area contributed by atoms with Gasteiger partial charge in [0.15, 0.2) is 7.05 Å². The highest BCUT2D eigenvalue weighted by molar-refractivity contribution is 5.67. The maximum Gasteiger partial charge on any atom is 0.303 e. The van der Waals surface area contributed by atoms with Crippen molar-refractivity contribution < 1.29 is 14.8 Å². The number of nitrogens with zero attached hydrogens (tertiary/aromatic N) is 1. The maximum absolute atomic E-state index is 10.3. The SMILES string of the molecule is CC.CCC.CCC1CC(CC(=O)O)C1C.C[N+](=O)[O-]. The maximum atomic E-state index is 10.3. The third kappa shape index (κ3) is 14.9. The zero-order chi connectivity index (χ0) is 16.7. The number of carboxylic acids is 1. The Morgan fingerprint density at radius 3 is 1.80 bits per heavy atom. The second kappa shape index (κ2) is 15.9. The molecule has 5 heteroatoms. The highest BCUT2D eigenvalue weighted by Gasteiger charge is 2.36. The number of carboxylic acid groups (broad SMARTS) is 1. The lowest BCUT2D eigenvalue weighted by Gasteiger charge is -2.41. The van der Waals surface area contributed by atoms with E-state index in [2.05, 4.69) is 27.7 Å². The van der Waals surface area contributed by atoms with Crippen molar-refractivity contribution in [2.75, 3.05) is 7.05 Å². The van der Waals surface area contributed by atoms with Crippen LogP contribution in [0.2, 0.25) is 0 Å². The van der Waals surface area contributed by atoms with Gasteiger partial charge in [-0.3, -0.25) is 14.9 Å². The lowest BCUT2D eigenvalue weighted by Crippen LogP contribution is -2.35. The molecule has 0 heterocycles. The molecule has 0 aromatic carbocycles. The molecule has 3 atom stereocenters. The zero-order valence-electron chi connectivity index (χ0n) is 14.2. The molecule has 0 radical (unpaired) electrons. The molecule has 20 heavy (non-hydrogen) atoms. The van der Waals surface area contributed by atoms with E-state index in [1.807, 2.05) is 13.8 Å². The van der Waals surface area contributed by atoms with Gasteiger partial charge in [0.2, 0.25) is 0 Å². The summed E-state index contributed by atoms with van der Waals surface area (Å²) in [6.45, 7) is 12.6. The Balaban J connectivity index is -0.000000269. The van der Waals surface area contributed by atoms with Crippen molar-refractivity contribution in [2.24, 2.45) is 17.8 Å². The van der Waals surface area contributed by atoms with Crippen molar-refractivity contribution in [3.63, 3.8) is 0 Å². The topological polar surface area (TPSA) is 80.4 Å². The molecule has 5 nitrogen and oxygen atoms in total. The largest absolute Gasteiger partial charge is 0.481 e. The molecule has 0 saturated heterocycles. The van der Waals surface area contributed by atoms with Gasteiger partial charge >= 0.3 is 5.97 Å². The van der Waals surface area contributed by atoms with Crippen LogP contribution < -0.4 is 0 Å². The van der Waals surface area contributed by atoms with Crippen LogP contribution in [0.15, 0.2) is 0 Å². The first-order valence-corrected chi connectivity index (χ1v) is 7.59. The molecule has 1 aliphatic carbocycles. The minimum absolute atomic E-state index is 0.373. The smallest absolute Gasteiger partial charge is 0.303 e. The summed E-state index contributed by atoms with van der Waals surface area (Å²) in [6.07, 6.45) is 3.96. The summed E-state index contributed by atoms with van der Waals surface area (Å²) in [7, 11) is 0.889. The molecule has 3 unspecified atom stereocenters. The van der Waals surface area contributed by atoms with Gasteiger partial charge in [-0.25, -0.2) is 0 Å². The minimum atomic E-state index is -0.642. The van der Waals surface area contributed by atoms with E-state index in [0.29, 0.717) is 18.3 Å². The Hall–Kier alpha value is -1.13. The Bertz CT molecular complexity index is 240. The molecule has 1 saturated carbocycles. The van der Waals surface area contributed by atoms with Crippen molar-refractivity contribution in [1.82, 2.24) is 0 Å². The second-order valence-corrected chi connectivity index (χ2v) is 4.77. The van der Waals surface area contributed by atoms with Crippen molar-refractivity contribution >= 4 is 5.97 Å². The predicted octanol–water partition coefficient (Wildman–Crippen LogP) is 4.48.